The summed E-state index contributed by atoms with van der Waals surface area (Å²) >= 11 is 0. The fourth-order valence-electron chi connectivity index (χ4n) is 4.07. The first-order valence-electron chi connectivity index (χ1n) is 9.64. The Kier molecular flexibility index (Phi) is 5.40. The fourth-order valence-corrected chi connectivity index (χ4v) is 4.07. The van der Waals surface area contributed by atoms with Gasteiger partial charge in [-0.1, -0.05) is 60.7 Å². The second-order valence-corrected chi connectivity index (χ2v) is 7.45. The molecule has 0 saturated carbocycles. The summed E-state index contributed by atoms with van der Waals surface area (Å²) in [6.07, 6.45) is 0.781. The van der Waals surface area contributed by atoms with Gasteiger partial charge in [0.25, 0.3) is 0 Å². The van der Waals surface area contributed by atoms with E-state index < -0.39 is 5.54 Å². The van der Waals surface area contributed by atoms with Crippen LogP contribution in [0.15, 0.2) is 66.7 Å². The lowest BCUT2D eigenvalue weighted by molar-refractivity contribution is 0.00784. The van der Waals surface area contributed by atoms with Gasteiger partial charge in [-0.15, -0.1) is 0 Å². The van der Waals surface area contributed by atoms with E-state index in [2.05, 4.69) is 35.2 Å². The van der Waals surface area contributed by atoms with Crippen LogP contribution in [0.5, 0.6) is 0 Å². The molecule has 1 aliphatic heterocycles. The third kappa shape index (κ3) is 3.53. The maximum Gasteiger partial charge on any atom is 0.0995 e. The van der Waals surface area contributed by atoms with Crippen LogP contribution in [-0.2, 0) is 17.8 Å². The fraction of sp³-hybridized carbons (Fsp3) is 0.292. The quantitative estimate of drug-likeness (QED) is 0.714. The van der Waals surface area contributed by atoms with Crippen LogP contribution in [0.3, 0.4) is 0 Å². The third-order valence-electron chi connectivity index (χ3n) is 5.77. The molecule has 1 aliphatic rings. The first-order valence-corrected chi connectivity index (χ1v) is 9.64. The third-order valence-corrected chi connectivity index (χ3v) is 5.77. The Hall–Kier alpha value is -2.71. The molecule has 1 atom stereocenters. The zero-order chi connectivity index (χ0) is 19.4. The lowest BCUT2D eigenvalue weighted by atomic mass is 9.93. The minimum Gasteiger partial charge on any atom is -0.394 e. The van der Waals surface area contributed by atoms with Gasteiger partial charge in [0.05, 0.1) is 30.4 Å². The molecule has 0 bridgehead atoms. The first kappa shape index (κ1) is 18.6. The summed E-state index contributed by atoms with van der Waals surface area (Å²) in [4.78, 5) is 2.29. The second-order valence-electron chi connectivity index (χ2n) is 7.45. The Morgan fingerprint density at radius 1 is 1.00 bits per heavy atom. The zero-order valence-corrected chi connectivity index (χ0v) is 15.8. The zero-order valence-electron chi connectivity index (χ0n) is 15.8. The van der Waals surface area contributed by atoms with Gasteiger partial charge in [0.1, 0.15) is 0 Å². The molecular weight excluding hydrogens is 348 g/mol. The van der Waals surface area contributed by atoms with Crippen molar-refractivity contribution in [3.8, 4) is 6.07 Å². The van der Waals surface area contributed by atoms with Crippen LogP contribution in [0.1, 0.15) is 23.1 Å². The number of fused-ring (bicyclic) bond motifs is 1. The molecule has 1 N–H and O–H groups in total. The summed E-state index contributed by atoms with van der Waals surface area (Å²) in [5, 5.41) is 22.2. The lowest BCUT2D eigenvalue weighted by Crippen LogP contribution is -2.51. The molecule has 4 nitrogen and oxygen atoms in total. The van der Waals surface area contributed by atoms with Crippen LogP contribution in [-0.4, -0.2) is 35.4 Å². The Bertz CT molecular complexity index is 988. The van der Waals surface area contributed by atoms with E-state index in [1.54, 1.807) is 0 Å². The standard InChI is InChI=1S/C24H24N2O2/c25-14-21-11-10-20-8-4-5-9-22(20)23(21)16-26(15-19-6-2-1-3-7-19)24(17-27)12-13-28-18-24/h1-11,27H,12-13,15-18H2. The van der Waals surface area contributed by atoms with E-state index in [0.29, 0.717) is 31.9 Å². The summed E-state index contributed by atoms with van der Waals surface area (Å²) in [5.74, 6) is 0. The van der Waals surface area contributed by atoms with Crippen molar-refractivity contribution < 1.29 is 9.84 Å². The van der Waals surface area contributed by atoms with E-state index in [1.165, 1.54) is 5.56 Å². The topological polar surface area (TPSA) is 56.5 Å². The van der Waals surface area contributed by atoms with Crippen LogP contribution in [0.25, 0.3) is 10.8 Å². The maximum atomic E-state index is 10.3. The van der Waals surface area contributed by atoms with Crippen LogP contribution >= 0.6 is 0 Å². The SMILES string of the molecule is N#Cc1ccc2ccccc2c1CN(Cc1ccccc1)C1(CO)CCOC1. The van der Waals surface area contributed by atoms with Crippen molar-refractivity contribution in [2.45, 2.75) is 25.0 Å². The van der Waals surface area contributed by atoms with Gasteiger partial charge < -0.3 is 9.84 Å². The van der Waals surface area contributed by atoms with E-state index in [-0.39, 0.29) is 6.61 Å². The number of benzene rings is 3. The maximum absolute atomic E-state index is 10.3. The van der Waals surface area contributed by atoms with E-state index >= 15 is 0 Å². The van der Waals surface area contributed by atoms with Gasteiger partial charge in [-0.25, -0.2) is 0 Å². The Morgan fingerprint density at radius 3 is 2.50 bits per heavy atom. The minimum atomic E-state index is -0.431. The molecule has 1 fully saturated rings. The Balaban J connectivity index is 1.78. The van der Waals surface area contributed by atoms with Gasteiger partial charge in [0, 0.05) is 19.7 Å². The van der Waals surface area contributed by atoms with Crippen LogP contribution in [0.2, 0.25) is 0 Å². The molecule has 0 radical (unpaired) electrons. The van der Waals surface area contributed by atoms with Gasteiger partial charge in [0.15, 0.2) is 0 Å². The highest BCUT2D eigenvalue weighted by molar-refractivity contribution is 5.87. The molecule has 0 spiro atoms. The summed E-state index contributed by atoms with van der Waals surface area (Å²) in [7, 11) is 0. The van der Waals surface area contributed by atoms with E-state index in [0.717, 1.165) is 22.8 Å². The van der Waals surface area contributed by atoms with Crippen LogP contribution in [0, 0.1) is 11.3 Å². The van der Waals surface area contributed by atoms with Crippen LogP contribution in [0.4, 0.5) is 0 Å². The van der Waals surface area contributed by atoms with Gasteiger partial charge in [0.2, 0.25) is 0 Å². The number of nitrogens with zero attached hydrogens (tertiary/aromatic N) is 2. The number of nitriles is 1. The first-order chi connectivity index (χ1) is 13.8. The van der Waals surface area contributed by atoms with E-state index in [4.69, 9.17) is 4.74 Å². The second kappa shape index (κ2) is 8.12. The average molecular weight is 372 g/mol. The van der Waals surface area contributed by atoms with Gasteiger partial charge in [-0.05, 0) is 34.4 Å². The molecule has 28 heavy (non-hydrogen) atoms. The van der Waals surface area contributed by atoms with Crippen molar-refractivity contribution in [1.82, 2.24) is 4.90 Å². The molecule has 0 amide bonds. The predicted octanol–water partition coefficient (Wildman–Crippen LogP) is 3.87. The largest absolute Gasteiger partial charge is 0.394 e. The van der Waals surface area contributed by atoms with Crippen molar-refractivity contribution in [2.24, 2.45) is 0 Å². The van der Waals surface area contributed by atoms with Crippen molar-refractivity contribution in [1.29, 1.82) is 5.26 Å². The van der Waals surface area contributed by atoms with Gasteiger partial charge >= 0.3 is 0 Å². The molecule has 0 aromatic heterocycles. The minimum absolute atomic E-state index is 0.0342. The number of hydrogen-bond donors (Lipinski definition) is 1. The van der Waals surface area contributed by atoms with Crippen molar-refractivity contribution in [2.75, 3.05) is 19.8 Å². The van der Waals surface area contributed by atoms with Crippen molar-refractivity contribution in [3.63, 3.8) is 0 Å². The van der Waals surface area contributed by atoms with Gasteiger partial charge in [-0.3, -0.25) is 4.90 Å². The molecule has 1 unspecified atom stereocenters. The molecule has 4 heteroatoms. The molecule has 3 aromatic rings. The highest BCUT2D eigenvalue weighted by Crippen LogP contribution is 2.32. The van der Waals surface area contributed by atoms with Gasteiger partial charge in [-0.2, -0.15) is 5.26 Å². The molecular formula is C24H24N2O2. The number of ether oxygens (including phenoxy) is 1. The Labute approximate surface area is 165 Å². The lowest BCUT2D eigenvalue weighted by Gasteiger charge is -2.39. The number of aliphatic hydroxyl groups is 1. The average Bonchev–Trinajstić information content (AvgIpc) is 3.24. The number of hydrogen-bond acceptors (Lipinski definition) is 4. The molecule has 4 rings (SSSR count). The summed E-state index contributed by atoms with van der Waals surface area (Å²) in [6.45, 7) is 2.46. The molecule has 1 saturated heterocycles. The highest BCUT2D eigenvalue weighted by atomic mass is 16.5. The van der Waals surface area contributed by atoms with E-state index in [9.17, 15) is 10.4 Å². The highest BCUT2D eigenvalue weighted by Gasteiger charge is 2.40. The summed E-state index contributed by atoms with van der Waals surface area (Å²) in [6, 6.07) is 24.7. The molecule has 142 valence electrons. The molecule has 1 heterocycles. The molecule has 0 aliphatic carbocycles. The Morgan fingerprint density at radius 2 is 1.79 bits per heavy atom. The number of aliphatic hydroxyl groups excluding tert-OH is 1. The van der Waals surface area contributed by atoms with Crippen molar-refractivity contribution >= 4 is 10.8 Å². The number of rotatable bonds is 6. The smallest absolute Gasteiger partial charge is 0.0995 e. The van der Waals surface area contributed by atoms with Crippen LogP contribution < -0.4 is 0 Å². The van der Waals surface area contributed by atoms with E-state index in [1.807, 2.05) is 42.5 Å². The molecule has 3 aromatic carbocycles. The predicted molar refractivity (Wildman–Crippen MR) is 110 cm³/mol. The summed E-state index contributed by atoms with van der Waals surface area (Å²) in [5.41, 5.74) is 2.44. The monoisotopic (exact) mass is 372 g/mol. The summed E-state index contributed by atoms with van der Waals surface area (Å²) < 4.78 is 5.69. The van der Waals surface area contributed by atoms with Crippen molar-refractivity contribution in [3.05, 3.63) is 83.4 Å². The normalized spacial score (nSPS) is 19.2.